The molecule has 0 saturated carbocycles. The van der Waals surface area contributed by atoms with Crippen LogP contribution in [0.4, 0.5) is 0 Å². The van der Waals surface area contributed by atoms with Gasteiger partial charge in [-0.1, -0.05) is 56.3 Å². The number of allylic oxidation sites excluding steroid dienone is 2. The number of Topliss-reactive ketones (excluding diaryl/α,β-unsaturated/α-hetero) is 1. The van der Waals surface area contributed by atoms with E-state index >= 15 is 0 Å². The molecule has 0 radical (unpaired) electrons. The number of hydrogen-bond donors (Lipinski definition) is 1. The number of benzene rings is 2. The molecule has 0 saturated heterocycles. The van der Waals surface area contributed by atoms with Gasteiger partial charge in [-0.15, -0.1) is 0 Å². The summed E-state index contributed by atoms with van der Waals surface area (Å²) < 4.78 is 5.67. The number of ether oxygens (including phenoxy) is 1. The third-order valence-corrected chi connectivity index (χ3v) is 6.03. The van der Waals surface area contributed by atoms with Gasteiger partial charge in [-0.3, -0.25) is 14.6 Å². The van der Waals surface area contributed by atoms with E-state index in [1.807, 2.05) is 37.3 Å². The topological polar surface area (TPSA) is 76.0 Å². The lowest BCUT2D eigenvalue weighted by atomic mass is 9.67. The Bertz CT molecular complexity index is 1060. The Morgan fingerprint density at radius 3 is 2.45 bits per heavy atom. The van der Waals surface area contributed by atoms with Crippen LogP contribution in [0.2, 0.25) is 0 Å². The summed E-state index contributed by atoms with van der Waals surface area (Å²) in [6, 6.07) is 16.2. The lowest BCUT2D eigenvalue weighted by Gasteiger charge is -2.39. The third kappa shape index (κ3) is 4.31. The number of aliphatic imine (C=N–C) groups is 1. The maximum absolute atomic E-state index is 13.3. The van der Waals surface area contributed by atoms with Crippen molar-refractivity contribution in [3.05, 3.63) is 77.0 Å². The summed E-state index contributed by atoms with van der Waals surface area (Å²) in [7, 11) is 0. The predicted octanol–water partition coefficient (Wildman–Crippen LogP) is 4.95. The highest BCUT2D eigenvalue weighted by Crippen LogP contribution is 2.48. The summed E-state index contributed by atoms with van der Waals surface area (Å²) in [6.45, 7) is 6.13. The van der Waals surface area contributed by atoms with Gasteiger partial charge in [0.1, 0.15) is 18.3 Å². The second-order valence-electron chi connectivity index (χ2n) is 9.19. The Morgan fingerprint density at radius 1 is 1.10 bits per heavy atom. The van der Waals surface area contributed by atoms with Crippen molar-refractivity contribution in [2.45, 2.75) is 46.1 Å². The van der Waals surface area contributed by atoms with Crippen LogP contribution in [0.15, 0.2) is 70.9 Å². The average molecular weight is 418 g/mol. The van der Waals surface area contributed by atoms with Crippen molar-refractivity contribution in [3.8, 4) is 5.75 Å². The zero-order chi connectivity index (χ0) is 22.2. The largest absolute Gasteiger partial charge is 0.508 e. The fraction of sp³-hybridized carbons (Fsp3) is 0.346. The molecule has 0 spiro atoms. The summed E-state index contributed by atoms with van der Waals surface area (Å²) in [5, 5.41) is 9.75. The second-order valence-corrected chi connectivity index (χ2v) is 9.19. The molecule has 0 aromatic heterocycles. The standard InChI is InChI=1S/C26H27NO4/c1-16-22(25(30)31-15-17-7-5-4-6-8-17)23(18-9-11-19(28)12-10-18)24-20(27-16)13-26(2,3)14-21(24)29/h4-12,22-23,28H,13-15H2,1-3H3/t22?,23-/m1/s1. The Hall–Kier alpha value is -3.21. The van der Waals surface area contributed by atoms with Gasteiger partial charge in [0.15, 0.2) is 5.78 Å². The van der Waals surface area contributed by atoms with Crippen LogP contribution < -0.4 is 0 Å². The maximum atomic E-state index is 13.3. The molecular weight excluding hydrogens is 390 g/mol. The summed E-state index contributed by atoms with van der Waals surface area (Å²) in [6.07, 6.45) is 1.10. The molecule has 31 heavy (non-hydrogen) atoms. The number of rotatable bonds is 4. The van der Waals surface area contributed by atoms with Crippen molar-refractivity contribution in [1.82, 2.24) is 0 Å². The van der Waals surface area contributed by atoms with Crippen LogP contribution in [-0.2, 0) is 20.9 Å². The predicted molar refractivity (Wildman–Crippen MR) is 119 cm³/mol. The molecule has 0 fully saturated rings. The molecule has 4 rings (SSSR count). The van der Waals surface area contributed by atoms with Crippen molar-refractivity contribution in [2.75, 3.05) is 0 Å². The Labute approximate surface area is 182 Å². The van der Waals surface area contributed by atoms with E-state index in [9.17, 15) is 14.7 Å². The number of esters is 1. The molecule has 2 aliphatic rings. The van der Waals surface area contributed by atoms with E-state index in [1.165, 1.54) is 0 Å². The van der Waals surface area contributed by atoms with Crippen molar-refractivity contribution >= 4 is 17.5 Å². The van der Waals surface area contributed by atoms with Gasteiger partial charge in [0.05, 0.1) is 0 Å². The molecule has 2 aromatic rings. The number of aromatic hydroxyl groups is 1. The van der Waals surface area contributed by atoms with Gasteiger partial charge in [-0.05, 0) is 42.0 Å². The van der Waals surface area contributed by atoms with Crippen LogP contribution in [0, 0.1) is 11.3 Å². The highest BCUT2D eigenvalue weighted by molar-refractivity contribution is 6.09. The number of nitrogens with zero attached hydrogens (tertiary/aromatic N) is 1. The Balaban J connectivity index is 1.72. The molecular formula is C26H27NO4. The molecule has 5 heteroatoms. The minimum atomic E-state index is -0.683. The molecule has 2 atom stereocenters. The van der Waals surface area contributed by atoms with Gasteiger partial charge in [0, 0.05) is 29.3 Å². The average Bonchev–Trinajstić information content (AvgIpc) is 2.71. The van der Waals surface area contributed by atoms with Crippen LogP contribution >= 0.6 is 0 Å². The number of hydrogen-bond acceptors (Lipinski definition) is 5. The normalized spacial score (nSPS) is 22.5. The minimum Gasteiger partial charge on any atom is -0.508 e. The van der Waals surface area contributed by atoms with Gasteiger partial charge in [-0.2, -0.15) is 0 Å². The Morgan fingerprint density at radius 2 is 1.77 bits per heavy atom. The van der Waals surface area contributed by atoms with Crippen molar-refractivity contribution in [2.24, 2.45) is 16.3 Å². The van der Waals surface area contributed by atoms with Crippen molar-refractivity contribution in [3.63, 3.8) is 0 Å². The van der Waals surface area contributed by atoms with Crippen LogP contribution in [0.3, 0.4) is 0 Å². The zero-order valence-electron chi connectivity index (χ0n) is 18.1. The monoisotopic (exact) mass is 417 g/mol. The molecule has 5 nitrogen and oxygen atoms in total. The maximum Gasteiger partial charge on any atom is 0.315 e. The molecule has 160 valence electrons. The summed E-state index contributed by atoms with van der Waals surface area (Å²) in [5.74, 6) is -1.38. The number of phenolic OH excluding ortho intramolecular Hbond substituents is 1. The number of ketones is 1. The molecule has 1 N–H and O–H groups in total. The molecule has 1 unspecified atom stereocenters. The van der Waals surface area contributed by atoms with Crippen LogP contribution in [-0.4, -0.2) is 22.6 Å². The lowest BCUT2D eigenvalue weighted by Crippen LogP contribution is -2.39. The first-order chi connectivity index (χ1) is 14.7. The zero-order valence-corrected chi connectivity index (χ0v) is 18.1. The fourth-order valence-electron chi connectivity index (χ4n) is 4.61. The fourth-order valence-corrected chi connectivity index (χ4v) is 4.61. The molecule has 0 bridgehead atoms. The highest BCUT2D eigenvalue weighted by atomic mass is 16.5. The van der Waals surface area contributed by atoms with Crippen LogP contribution in [0.1, 0.15) is 50.7 Å². The smallest absolute Gasteiger partial charge is 0.315 e. The summed E-state index contributed by atoms with van der Waals surface area (Å²) in [4.78, 5) is 31.2. The van der Waals surface area contributed by atoms with Crippen LogP contribution in [0.5, 0.6) is 5.75 Å². The van der Waals surface area contributed by atoms with Crippen molar-refractivity contribution in [1.29, 1.82) is 0 Å². The summed E-state index contributed by atoms with van der Waals surface area (Å²) >= 11 is 0. The van der Waals surface area contributed by atoms with E-state index in [1.54, 1.807) is 24.3 Å². The first-order valence-corrected chi connectivity index (χ1v) is 10.6. The first-order valence-electron chi connectivity index (χ1n) is 10.6. The van der Waals surface area contributed by atoms with E-state index in [0.29, 0.717) is 24.1 Å². The highest BCUT2D eigenvalue weighted by Gasteiger charge is 2.46. The molecule has 2 aromatic carbocycles. The Kier molecular flexibility index (Phi) is 5.52. The summed E-state index contributed by atoms with van der Waals surface area (Å²) in [5.41, 5.74) is 3.56. The van der Waals surface area contributed by atoms with Gasteiger partial charge < -0.3 is 9.84 Å². The van der Waals surface area contributed by atoms with E-state index in [2.05, 4.69) is 13.8 Å². The molecule has 1 aliphatic carbocycles. The van der Waals surface area contributed by atoms with Gasteiger partial charge in [0.2, 0.25) is 0 Å². The SMILES string of the molecule is CC1=NC2=C(C(=O)CC(C)(C)C2)[C@H](c2ccc(O)cc2)C1C(=O)OCc1ccccc1. The van der Waals surface area contributed by atoms with E-state index in [0.717, 1.165) is 16.8 Å². The second kappa shape index (κ2) is 8.14. The lowest BCUT2D eigenvalue weighted by molar-refractivity contribution is -0.148. The van der Waals surface area contributed by atoms with Crippen LogP contribution in [0.25, 0.3) is 0 Å². The third-order valence-electron chi connectivity index (χ3n) is 6.03. The van der Waals surface area contributed by atoms with Gasteiger partial charge >= 0.3 is 5.97 Å². The van der Waals surface area contributed by atoms with Gasteiger partial charge in [0.25, 0.3) is 0 Å². The van der Waals surface area contributed by atoms with E-state index in [-0.39, 0.29) is 23.6 Å². The van der Waals surface area contributed by atoms with E-state index < -0.39 is 17.8 Å². The molecule has 1 heterocycles. The van der Waals surface area contributed by atoms with Crippen molar-refractivity contribution < 1.29 is 19.4 Å². The number of carbonyl (C=O) groups is 2. The first kappa shape index (κ1) is 21.0. The number of phenols is 1. The minimum absolute atomic E-state index is 0.0291. The quantitative estimate of drug-likeness (QED) is 0.714. The van der Waals surface area contributed by atoms with E-state index in [4.69, 9.17) is 9.73 Å². The molecule has 1 aliphatic heterocycles. The molecule has 0 amide bonds. The van der Waals surface area contributed by atoms with Gasteiger partial charge in [-0.25, -0.2) is 0 Å². The number of carbonyl (C=O) groups excluding carboxylic acids is 2.